The van der Waals surface area contributed by atoms with Gasteiger partial charge >= 0.3 is 5.97 Å². The number of ether oxygens (including phenoxy) is 1. The van der Waals surface area contributed by atoms with Gasteiger partial charge in [-0.3, -0.25) is 14.2 Å². The number of aryl methyl sites for hydroxylation is 1. The highest BCUT2D eigenvalue weighted by Crippen LogP contribution is 2.11. The fraction of sp³-hybridized carbons (Fsp3) is 0.357. The smallest absolute Gasteiger partial charge is 0.305 e. The Labute approximate surface area is 116 Å². The number of fused-ring (bicyclic) bond motifs is 1. The van der Waals surface area contributed by atoms with Crippen LogP contribution < -0.4 is 11.3 Å². The molecule has 0 saturated heterocycles. The number of anilines is 1. The molecular weight excluding hydrogens is 258 g/mol. The van der Waals surface area contributed by atoms with Crippen LogP contribution in [0.25, 0.3) is 10.9 Å². The highest BCUT2D eigenvalue weighted by Gasteiger charge is 2.06. The van der Waals surface area contributed by atoms with Crippen LogP contribution in [0.1, 0.15) is 19.8 Å². The zero-order valence-electron chi connectivity index (χ0n) is 11.3. The van der Waals surface area contributed by atoms with Crippen molar-refractivity contribution in [1.82, 2.24) is 9.55 Å². The summed E-state index contributed by atoms with van der Waals surface area (Å²) in [6.45, 7) is 2.56. The van der Waals surface area contributed by atoms with E-state index >= 15 is 0 Å². The number of nitrogens with two attached hydrogens (primary N) is 1. The first-order chi connectivity index (χ1) is 9.61. The van der Waals surface area contributed by atoms with Crippen molar-refractivity contribution in [3.8, 4) is 0 Å². The Hall–Kier alpha value is -2.37. The van der Waals surface area contributed by atoms with Crippen LogP contribution in [-0.4, -0.2) is 22.1 Å². The van der Waals surface area contributed by atoms with Crippen LogP contribution >= 0.6 is 0 Å². The van der Waals surface area contributed by atoms with Gasteiger partial charge in [-0.05, 0) is 31.5 Å². The molecule has 2 N–H and O–H groups in total. The molecule has 1 aromatic heterocycles. The van der Waals surface area contributed by atoms with Crippen LogP contribution in [0.4, 0.5) is 5.69 Å². The van der Waals surface area contributed by atoms with E-state index in [1.165, 1.54) is 10.9 Å². The van der Waals surface area contributed by atoms with Gasteiger partial charge in [0.25, 0.3) is 5.56 Å². The van der Waals surface area contributed by atoms with Gasteiger partial charge in [0.05, 0.1) is 23.8 Å². The molecular formula is C14H17N3O3. The Bertz CT molecular complexity index is 679. The zero-order chi connectivity index (χ0) is 14.5. The molecule has 0 atom stereocenters. The predicted octanol–water partition coefficient (Wildman–Crippen LogP) is 1.32. The average molecular weight is 275 g/mol. The van der Waals surface area contributed by atoms with Crippen molar-refractivity contribution in [2.45, 2.75) is 26.3 Å². The number of nitrogens with zero attached hydrogens (tertiary/aromatic N) is 2. The van der Waals surface area contributed by atoms with E-state index in [0.29, 0.717) is 36.2 Å². The summed E-state index contributed by atoms with van der Waals surface area (Å²) < 4.78 is 6.32. The molecule has 20 heavy (non-hydrogen) atoms. The zero-order valence-corrected chi connectivity index (χ0v) is 11.3. The summed E-state index contributed by atoms with van der Waals surface area (Å²) in [6, 6.07) is 5.04. The van der Waals surface area contributed by atoms with E-state index in [4.69, 9.17) is 10.5 Å². The van der Waals surface area contributed by atoms with E-state index in [1.54, 1.807) is 25.1 Å². The lowest BCUT2D eigenvalue weighted by molar-refractivity contribution is -0.143. The van der Waals surface area contributed by atoms with Gasteiger partial charge in [0.15, 0.2) is 0 Å². The lowest BCUT2D eigenvalue weighted by atomic mass is 10.2. The average Bonchev–Trinajstić information content (AvgIpc) is 2.42. The number of hydrogen-bond donors (Lipinski definition) is 1. The number of hydrogen-bond acceptors (Lipinski definition) is 5. The molecule has 1 heterocycles. The summed E-state index contributed by atoms with van der Waals surface area (Å²) in [4.78, 5) is 27.7. The van der Waals surface area contributed by atoms with Crippen molar-refractivity contribution < 1.29 is 9.53 Å². The number of aromatic nitrogens is 2. The lowest BCUT2D eigenvalue weighted by Crippen LogP contribution is -2.21. The first-order valence-electron chi connectivity index (χ1n) is 6.52. The van der Waals surface area contributed by atoms with Gasteiger partial charge in [0.1, 0.15) is 0 Å². The second-order valence-corrected chi connectivity index (χ2v) is 4.43. The quantitative estimate of drug-likeness (QED) is 0.657. The van der Waals surface area contributed by atoms with E-state index < -0.39 is 0 Å². The number of esters is 1. The first kappa shape index (κ1) is 14.0. The van der Waals surface area contributed by atoms with Gasteiger partial charge in [0, 0.05) is 18.7 Å². The van der Waals surface area contributed by atoms with E-state index in [9.17, 15) is 9.59 Å². The fourth-order valence-electron chi connectivity index (χ4n) is 1.96. The summed E-state index contributed by atoms with van der Waals surface area (Å²) in [5.41, 5.74) is 6.68. The molecule has 1 aromatic carbocycles. The SMILES string of the molecule is CCOC(=O)CCCn1cnc2ccc(N)cc2c1=O. The third-order valence-corrected chi connectivity index (χ3v) is 2.93. The molecule has 0 aliphatic rings. The Morgan fingerprint density at radius 3 is 3.00 bits per heavy atom. The predicted molar refractivity (Wildman–Crippen MR) is 76.3 cm³/mol. The van der Waals surface area contributed by atoms with Crippen LogP contribution in [0, 0.1) is 0 Å². The van der Waals surface area contributed by atoms with Crippen LogP contribution in [0.15, 0.2) is 29.3 Å². The van der Waals surface area contributed by atoms with E-state index in [1.807, 2.05) is 0 Å². The molecule has 6 heteroatoms. The van der Waals surface area contributed by atoms with Crippen molar-refractivity contribution in [2.75, 3.05) is 12.3 Å². The minimum absolute atomic E-state index is 0.147. The number of rotatable bonds is 5. The third kappa shape index (κ3) is 3.14. The van der Waals surface area contributed by atoms with E-state index in [2.05, 4.69) is 4.98 Å². The van der Waals surface area contributed by atoms with Crippen molar-refractivity contribution in [1.29, 1.82) is 0 Å². The number of benzene rings is 1. The topological polar surface area (TPSA) is 87.2 Å². The number of carbonyl (C=O) groups is 1. The molecule has 0 radical (unpaired) electrons. The van der Waals surface area contributed by atoms with Gasteiger partial charge in [-0.1, -0.05) is 0 Å². The molecule has 0 fully saturated rings. The second-order valence-electron chi connectivity index (χ2n) is 4.43. The van der Waals surface area contributed by atoms with Crippen molar-refractivity contribution in [2.24, 2.45) is 0 Å². The molecule has 2 aromatic rings. The van der Waals surface area contributed by atoms with Crippen molar-refractivity contribution in [3.05, 3.63) is 34.9 Å². The summed E-state index contributed by atoms with van der Waals surface area (Å²) in [5, 5.41) is 0.489. The molecule has 0 aliphatic carbocycles. The normalized spacial score (nSPS) is 10.7. The van der Waals surface area contributed by atoms with Crippen LogP contribution in [0.5, 0.6) is 0 Å². The lowest BCUT2D eigenvalue weighted by Gasteiger charge is -2.07. The van der Waals surface area contributed by atoms with E-state index in [0.717, 1.165) is 0 Å². The maximum absolute atomic E-state index is 12.2. The third-order valence-electron chi connectivity index (χ3n) is 2.93. The van der Waals surface area contributed by atoms with Gasteiger partial charge in [-0.2, -0.15) is 0 Å². The maximum Gasteiger partial charge on any atom is 0.305 e. The van der Waals surface area contributed by atoms with Gasteiger partial charge in [-0.25, -0.2) is 4.98 Å². The second kappa shape index (κ2) is 6.18. The Balaban J connectivity index is 2.13. The van der Waals surface area contributed by atoms with Gasteiger partial charge < -0.3 is 10.5 Å². The molecule has 0 spiro atoms. The summed E-state index contributed by atoms with van der Waals surface area (Å²) in [7, 11) is 0. The maximum atomic E-state index is 12.2. The minimum Gasteiger partial charge on any atom is -0.466 e. The molecule has 0 unspecified atom stereocenters. The van der Waals surface area contributed by atoms with Crippen molar-refractivity contribution in [3.63, 3.8) is 0 Å². The molecule has 6 nitrogen and oxygen atoms in total. The molecule has 0 aliphatic heterocycles. The molecule has 0 saturated carbocycles. The number of nitrogen functional groups attached to an aromatic ring is 1. The Morgan fingerprint density at radius 1 is 1.45 bits per heavy atom. The highest BCUT2D eigenvalue weighted by atomic mass is 16.5. The van der Waals surface area contributed by atoms with E-state index in [-0.39, 0.29) is 17.9 Å². The largest absolute Gasteiger partial charge is 0.466 e. The molecule has 0 bridgehead atoms. The highest BCUT2D eigenvalue weighted by molar-refractivity contribution is 5.80. The van der Waals surface area contributed by atoms with Crippen LogP contribution in [-0.2, 0) is 16.1 Å². The van der Waals surface area contributed by atoms with Crippen LogP contribution in [0.2, 0.25) is 0 Å². The minimum atomic E-state index is -0.251. The van der Waals surface area contributed by atoms with Gasteiger partial charge in [0.2, 0.25) is 0 Å². The Kier molecular flexibility index (Phi) is 4.34. The van der Waals surface area contributed by atoms with Crippen LogP contribution in [0.3, 0.4) is 0 Å². The Morgan fingerprint density at radius 2 is 2.25 bits per heavy atom. The standard InChI is InChI=1S/C14H17N3O3/c1-2-20-13(18)4-3-7-17-9-16-12-6-5-10(15)8-11(12)14(17)19/h5-6,8-9H,2-4,7,15H2,1H3. The van der Waals surface area contributed by atoms with Crippen molar-refractivity contribution >= 4 is 22.6 Å². The van der Waals surface area contributed by atoms with Gasteiger partial charge in [-0.15, -0.1) is 0 Å². The fourth-order valence-corrected chi connectivity index (χ4v) is 1.96. The summed E-state index contributed by atoms with van der Waals surface area (Å²) >= 11 is 0. The molecule has 106 valence electrons. The monoisotopic (exact) mass is 275 g/mol. The summed E-state index contributed by atoms with van der Waals surface area (Å²) in [5.74, 6) is -0.251. The first-order valence-corrected chi connectivity index (χ1v) is 6.52. The molecule has 0 amide bonds. The summed E-state index contributed by atoms with van der Waals surface area (Å²) in [6.07, 6.45) is 2.31. The molecule has 2 rings (SSSR count). The number of carbonyl (C=O) groups excluding carboxylic acids is 1.